The van der Waals surface area contributed by atoms with Gasteiger partial charge in [-0.05, 0) is 93.4 Å². The van der Waals surface area contributed by atoms with E-state index in [0.29, 0.717) is 13.1 Å². The summed E-state index contributed by atoms with van der Waals surface area (Å²) in [7, 11) is 5.31. The van der Waals surface area contributed by atoms with E-state index in [4.69, 9.17) is 4.74 Å². The third kappa shape index (κ3) is 4.39. The maximum atomic E-state index is 14.0. The quantitative estimate of drug-likeness (QED) is 0.634. The lowest BCUT2D eigenvalue weighted by molar-refractivity contribution is -0.154. The first-order valence-electron chi connectivity index (χ1n) is 12.8. The molecule has 5 aliphatic rings. The molecule has 0 N–H and O–H groups in total. The molecule has 6 rings (SSSR count). The Bertz CT molecular complexity index is 863. The predicted molar refractivity (Wildman–Crippen MR) is 128 cm³/mol. The standard InChI is InChI=1S/C27H39N3O3/c1-28(2)26(32)24-8-5-9-29(24)18-25(31)30(17-19-6-4-7-23(13-19)33-3)27-14-20-10-21(15-27)12-22(11-20)16-27/h4,6-7,13,20-22,24H,5,8-12,14-18H2,1-3H3/t20?,21?,22?,24-,27?/m1/s1. The van der Waals surface area contributed by atoms with E-state index < -0.39 is 0 Å². The number of nitrogens with zero attached hydrogens (tertiary/aromatic N) is 3. The molecule has 0 radical (unpaired) electrons. The molecule has 4 bridgehead atoms. The Kier molecular flexibility index (Phi) is 6.15. The fraction of sp³-hybridized carbons (Fsp3) is 0.704. The Morgan fingerprint density at radius 1 is 1.09 bits per heavy atom. The first kappa shape index (κ1) is 22.7. The SMILES string of the molecule is COc1cccc(CN(C(=O)CN2CCC[C@@H]2C(=O)N(C)C)C23CC4CC(CC(C4)C2)C3)c1. The molecule has 6 nitrogen and oxygen atoms in total. The Hall–Kier alpha value is -2.08. The van der Waals surface area contributed by atoms with Gasteiger partial charge in [0.05, 0.1) is 19.7 Å². The van der Waals surface area contributed by atoms with Gasteiger partial charge in [0.1, 0.15) is 5.75 Å². The number of benzene rings is 1. The Morgan fingerprint density at radius 3 is 2.36 bits per heavy atom. The van der Waals surface area contributed by atoms with Crippen molar-refractivity contribution in [2.24, 2.45) is 17.8 Å². The fourth-order valence-corrected chi connectivity index (χ4v) is 7.72. The van der Waals surface area contributed by atoms with E-state index in [1.165, 1.54) is 19.3 Å². The number of amides is 2. The van der Waals surface area contributed by atoms with Crippen LogP contribution in [0.4, 0.5) is 0 Å². The van der Waals surface area contributed by atoms with Crippen molar-refractivity contribution in [3.8, 4) is 5.75 Å². The molecular weight excluding hydrogens is 414 g/mol. The molecule has 0 unspecified atom stereocenters. The van der Waals surface area contributed by atoms with Crippen LogP contribution in [-0.4, -0.2) is 72.4 Å². The van der Waals surface area contributed by atoms with Crippen LogP contribution < -0.4 is 4.74 Å². The van der Waals surface area contributed by atoms with Gasteiger partial charge in [-0.25, -0.2) is 0 Å². The predicted octanol–water partition coefficient (Wildman–Crippen LogP) is 3.55. The monoisotopic (exact) mass is 453 g/mol. The molecule has 5 fully saturated rings. The van der Waals surface area contributed by atoms with Crippen molar-refractivity contribution >= 4 is 11.8 Å². The zero-order valence-electron chi connectivity index (χ0n) is 20.5. The van der Waals surface area contributed by atoms with Gasteiger partial charge in [-0.2, -0.15) is 0 Å². The van der Waals surface area contributed by atoms with Gasteiger partial charge in [0.25, 0.3) is 0 Å². The van der Waals surface area contributed by atoms with Crippen LogP contribution in [0, 0.1) is 17.8 Å². The smallest absolute Gasteiger partial charge is 0.239 e. The van der Waals surface area contributed by atoms with E-state index in [1.807, 2.05) is 26.2 Å². The lowest BCUT2D eigenvalue weighted by Crippen LogP contribution is -2.62. The fourth-order valence-electron chi connectivity index (χ4n) is 7.72. The third-order valence-corrected chi connectivity index (χ3v) is 8.78. The van der Waals surface area contributed by atoms with Crippen LogP contribution >= 0.6 is 0 Å². The summed E-state index contributed by atoms with van der Waals surface area (Å²) < 4.78 is 5.46. The van der Waals surface area contributed by atoms with Crippen LogP contribution in [0.2, 0.25) is 0 Å². The van der Waals surface area contributed by atoms with Crippen molar-refractivity contribution in [2.45, 2.75) is 69.5 Å². The number of carbonyl (C=O) groups excluding carboxylic acids is 2. The molecule has 0 spiro atoms. The number of likely N-dealkylation sites (tertiary alicyclic amines) is 1. The summed E-state index contributed by atoms with van der Waals surface area (Å²) >= 11 is 0. The minimum Gasteiger partial charge on any atom is -0.497 e. The summed E-state index contributed by atoms with van der Waals surface area (Å²) in [5.74, 6) is 3.46. The molecule has 1 heterocycles. The van der Waals surface area contributed by atoms with Gasteiger partial charge < -0.3 is 14.5 Å². The second kappa shape index (κ2) is 8.94. The van der Waals surface area contributed by atoms with Crippen LogP contribution in [0.15, 0.2) is 24.3 Å². The zero-order chi connectivity index (χ0) is 23.2. The summed E-state index contributed by atoms with van der Waals surface area (Å²) in [5.41, 5.74) is 1.11. The number of hydrogen-bond donors (Lipinski definition) is 0. The van der Waals surface area contributed by atoms with Gasteiger partial charge in [0.15, 0.2) is 0 Å². The van der Waals surface area contributed by atoms with Crippen LogP contribution in [0.5, 0.6) is 5.75 Å². The Balaban J connectivity index is 1.41. The number of carbonyl (C=O) groups is 2. The number of methoxy groups -OCH3 is 1. The third-order valence-electron chi connectivity index (χ3n) is 8.78. The van der Waals surface area contributed by atoms with Crippen LogP contribution in [0.1, 0.15) is 56.9 Å². The van der Waals surface area contributed by atoms with Crippen molar-refractivity contribution in [2.75, 3.05) is 34.3 Å². The minimum absolute atomic E-state index is 0.0182. The molecule has 6 heteroatoms. The summed E-state index contributed by atoms with van der Waals surface area (Å²) in [6, 6.07) is 7.98. The van der Waals surface area contributed by atoms with E-state index in [0.717, 1.165) is 67.7 Å². The maximum absolute atomic E-state index is 14.0. The van der Waals surface area contributed by atoms with Gasteiger partial charge in [-0.3, -0.25) is 14.5 Å². The van der Waals surface area contributed by atoms with Crippen molar-refractivity contribution in [3.63, 3.8) is 0 Å². The first-order chi connectivity index (χ1) is 15.9. The van der Waals surface area contributed by atoms with Crippen LogP contribution in [-0.2, 0) is 16.1 Å². The minimum atomic E-state index is -0.168. The Morgan fingerprint density at radius 2 is 1.76 bits per heavy atom. The second-order valence-electron chi connectivity index (χ2n) is 11.3. The van der Waals surface area contributed by atoms with Crippen LogP contribution in [0.25, 0.3) is 0 Å². The van der Waals surface area contributed by atoms with E-state index in [-0.39, 0.29) is 23.4 Å². The molecule has 1 atom stereocenters. The molecule has 4 saturated carbocycles. The Labute approximate surface area is 198 Å². The summed E-state index contributed by atoms with van der Waals surface area (Å²) in [6.45, 7) is 1.79. The highest BCUT2D eigenvalue weighted by molar-refractivity contribution is 5.84. The average molecular weight is 454 g/mol. The number of rotatable bonds is 7. The summed E-state index contributed by atoms with van der Waals surface area (Å²) in [4.78, 5) is 32.8. The number of likely N-dealkylation sites (N-methyl/N-ethyl adjacent to an activating group) is 1. The van der Waals surface area contributed by atoms with E-state index >= 15 is 0 Å². The average Bonchev–Trinajstić information content (AvgIpc) is 3.23. The zero-order valence-corrected chi connectivity index (χ0v) is 20.5. The van der Waals surface area contributed by atoms with Crippen LogP contribution in [0.3, 0.4) is 0 Å². The number of ether oxygens (including phenoxy) is 1. The molecule has 180 valence electrons. The second-order valence-corrected chi connectivity index (χ2v) is 11.3. The largest absolute Gasteiger partial charge is 0.497 e. The van der Waals surface area contributed by atoms with E-state index in [9.17, 15) is 9.59 Å². The molecule has 1 aliphatic heterocycles. The number of hydrogen-bond acceptors (Lipinski definition) is 4. The summed E-state index contributed by atoms with van der Waals surface area (Å²) in [5, 5.41) is 0. The molecule has 1 aromatic carbocycles. The van der Waals surface area contributed by atoms with E-state index in [2.05, 4.69) is 21.9 Å². The van der Waals surface area contributed by atoms with Gasteiger partial charge >= 0.3 is 0 Å². The molecule has 4 aliphatic carbocycles. The van der Waals surface area contributed by atoms with Crippen molar-refractivity contribution < 1.29 is 14.3 Å². The highest BCUT2D eigenvalue weighted by Crippen LogP contribution is 2.58. The van der Waals surface area contributed by atoms with Crippen molar-refractivity contribution in [1.29, 1.82) is 0 Å². The lowest BCUT2D eigenvalue weighted by Gasteiger charge is -2.60. The topological polar surface area (TPSA) is 53.1 Å². The molecule has 0 aromatic heterocycles. The van der Waals surface area contributed by atoms with E-state index in [1.54, 1.807) is 12.0 Å². The lowest BCUT2D eigenvalue weighted by atomic mass is 9.52. The van der Waals surface area contributed by atoms with Gasteiger partial charge in [-0.1, -0.05) is 12.1 Å². The van der Waals surface area contributed by atoms with Gasteiger partial charge in [0.2, 0.25) is 11.8 Å². The van der Waals surface area contributed by atoms with Crippen molar-refractivity contribution in [3.05, 3.63) is 29.8 Å². The summed E-state index contributed by atoms with van der Waals surface area (Å²) in [6.07, 6.45) is 9.32. The van der Waals surface area contributed by atoms with Crippen molar-refractivity contribution in [1.82, 2.24) is 14.7 Å². The normalized spacial score (nSPS) is 32.7. The highest BCUT2D eigenvalue weighted by Gasteiger charge is 2.54. The van der Waals surface area contributed by atoms with Gasteiger partial charge in [0, 0.05) is 26.2 Å². The molecule has 2 amide bonds. The highest BCUT2D eigenvalue weighted by atomic mass is 16.5. The van der Waals surface area contributed by atoms with Gasteiger partial charge in [-0.15, -0.1) is 0 Å². The molecule has 1 aromatic rings. The molecule has 33 heavy (non-hydrogen) atoms. The molecule has 1 saturated heterocycles. The maximum Gasteiger partial charge on any atom is 0.239 e. The molecular formula is C27H39N3O3. The first-order valence-corrected chi connectivity index (χ1v) is 12.8.